The van der Waals surface area contributed by atoms with E-state index in [1.807, 2.05) is 30.3 Å². The van der Waals surface area contributed by atoms with Crippen molar-refractivity contribution in [2.24, 2.45) is 0 Å². The summed E-state index contributed by atoms with van der Waals surface area (Å²) >= 11 is 1.81. The van der Waals surface area contributed by atoms with E-state index >= 15 is 0 Å². The molecule has 2 aromatic carbocycles. The summed E-state index contributed by atoms with van der Waals surface area (Å²) in [5, 5.41) is 2.23. The van der Waals surface area contributed by atoms with Crippen LogP contribution in [0.1, 0.15) is 30.1 Å². The Morgan fingerprint density at radius 2 is 1.94 bits per heavy atom. The van der Waals surface area contributed by atoms with Gasteiger partial charge in [-0.05, 0) is 36.3 Å². The highest BCUT2D eigenvalue weighted by molar-refractivity contribution is 8.01. The number of fused-ring (bicyclic) bond motifs is 1. The third-order valence-corrected chi connectivity index (χ3v) is 5.25. The molecule has 18 heavy (non-hydrogen) atoms. The van der Waals surface area contributed by atoms with Crippen molar-refractivity contribution < 1.29 is 4.79 Å². The second-order valence-electron chi connectivity index (χ2n) is 5.04. The largest absolute Gasteiger partial charge is 0.293 e. The minimum Gasteiger partial charge on any atom is -0.293 e. The van der Waals surface area contributed by atoms with Crippen LogP contribution in [0.3, 0.4) is 0 Å². The van der Waals surface area contributed by atoms with Gasteiger partial charge in [0.15, 0.2) is 5.78 Å². The molecule has 0 aliphatic carbocycles. The molecule has 2 aromatic rings. The number of ketones is 1. The highest BCUT2D eigenvalue weighted by Gasteiger charge is 2.38. The molecule has 1 atom stereocenters. The van der Waals surface area contributed by atoms with E-state index in [0.717, 1.165) is 34.9 Å². The third kappa shape index (κ3) is 1.85. The summed E-state index contributed by atoms with van der Waals surface area (Å²) in [6.45, 7) is 2.09. The molecule has 92 valence electrons. The van der Waals surface area contributed by atoms with Crippen molar-refractivity contribution in [1.82, 2.24) is 0 Å². The first kappa shape index (κ1) is 11.8. The quantitative estimate of drug-likeness (QED) is 0.745. The molecule has 0 radical (unpaired) electrons. The van der Waals surface area contributed by atoms with Crippen LogP contribution in [-0.2, 0) is 0 Å². The van der Waals surface area contributed by atoms with Crippen LogP contribution in [0.4, 0.5) is 0 Å². The van der Waals surface area contributed by atoms with Crippen molar-refractivity contribution in [3.05, 3.63) is 48.0 Å². The third-order valence-electron chi connectivity index (χ3n) is 3.73. The first-order valence-electron chi connectivity index (χ1n) is 6.37. The molecule has 1 unspecified atom stereocenters. The first-order valence-corrected chi connectivity index (χ1v) is 7.36. The number of hydrogen-bond acceptors (Lipinski definition) is 2. The number of thioether (sulfide) groups is 1. The van der Waals surface area contributed by atoms with Crippen molar-refractivity contribution in [3.8, 4) is 0 Å². The Balaban J connectivity index is 2.12. The van der Waals surface area contributed by atoms with Gasteiger partial charge in [0.05, 0.1) is 4.75 Å². The Kier molecular flexibility index (Phi) is 2.90. The molecule has 0 amide bonds. The number of carbonyl (C=O) groups excluding carboxylic acids is 1. The molecule has 0 spiro atoms. The fourth-order valence-electron chi connectivity index (χ4n) is 2.67. The predicted octanol–water partition coefficient (Wildman–Crippen LogP) is 4.31. The first-order chi connectivity index (χ1) is 8.71. The lowest BCUT2D eigenvalue weighted by atomic mass is 9.91. The zero-order valence-corrected chi connectivity index (χ0v) is 11.3. The van der Waals surface area contributed by atoms with Crippen molar-refractivity contribution in [3.63, 3.8) is 0 Å². The van der Waals surface area contributed by atoms with E-state index in [-0.39, 0.29) is 4.75 Å². The van der Waals surface area contributed by atoms with Gasteiger partial charge in [0.1, 0.15) is 0 Å². The zero-order chi connectivity index (χ0) is 12.6. The summed E-state index contributed by atoms with van der Waals surface area (Å²) < 4.78 is -0.218. The van der Waals surface area contributed by atoms with E-state index in [9.17, 15) is 4.79 Å². The topological polar surface area (TPSA) is 17.1 Å². The molecule has 1 nitrogen and oxygen atoms in total. The lowest BCUT2D eigenvalue weighted by molar-refractivity contribution is 0.0950. The van der Waals surface area contributed by atoms with Gasteiger partial charge < -0.3 is 0 Å². The molecule has 3 rings (SSSR count). The molecule has 2 heteroatoms. The summed E-state index contributed by atoms with van der Waals surface area (Å²) in [7, 11) is 0. The molecule has 0 aromatic heterocycles. The molecule has 1 aliphatic rings. The minimum atomic E-state index is -0.218. The number of benzene rings is 2. The van der Waals surface area contributed by atoms with Crippen molar-refractivity contribution in [1.29, 1.82) is 0 Å². The summed E-state index contributed by atoms with van der Waals surface area (Å²) in [6.07, 6.45) is 2.15. The molecule has 1 heterocycles. The van der Waals surface area contributed by atoms with Crippen LogP contribution in [0.2, 0.25) is 0 Å². The van der Waals surface area contributed by atoms with Crippen LogP contribution < -0.4 is 0 Å². The van der Waals surface area contributed by atoms with Crippen molar-refractivity contribution in [2.45, 2.75) is 24.5 Å². The monoisotopic (exact) mass is 256 g/mol. The molecule has 1 aliphatic heterocycles. The number of carbonyl (C=O) groups is 1. The van der Waals surface area contributed by atoms with E-state index in [4.69, 9.17) is 0 Å². The van der Waals surface area contributed by atoms with Crippen LogP contribution in [0.15, 0.2) is 42.5 Å². The smallest absolute Gasteiger partial charge is 0.179 e. The van der Waals surface area contributed by atoms with Gasteiger partial charge in [0.25, 0.3) is 0 Å². The Morgan fingerprint density at radius 1 is 1.17 bits per heavy atom. The predicted molar refractivity (Wildman–Crippen MR) is 78.4 cm³/mol. The zero-order valence-electron chi connectivity index (χ0n) is 10.5. The van der Waals surface area contributed by atoms with E-state index in [1.165, 1.54) is 0 Å². The van der Waals surface area contributed by atoms with Crippen molar-refractivity contribution >= 4 is 28.3 Å². The van der Waals surface area contributed by atoms with Gasteiger partial charge >= 0.3 is 0 Å². The van der Waals surface area contributed by atoms with Gasteiger partial charge in [-0.1, -0.05) is 42.5 Å². The fraction of sp³-hybridized carbons (Fsp3) is 0.312. The Morgan fingerprint density at radius 3 is 2.72 bits per heavy atom. The maximum absolute atomic E-state index is 12.8. The SMILES string of the molecule is CC1(C(=O)c2cccc3ccccc23)CCCS1. The van der Waals surface area contributed by atoms with Crippen molar-refractivity contribution in [2.75, 3.05) is 5.75 Å². The van der Waals surface area contributed by atoms with E-state index in [2.05, 4.69) is 19.1 Å². The van der Waals surface area contributed by atoms with Gasteiger partial charge in [-0.3, -0.25) is 4.79 Å². The van der Waals surface area contributed by atoms with Gasteiger partial charge in [-0.25, -0.2) is 0 Å². The molecule has 1 fully saturated rings. The van der Waals surface area contributed by atoms with Crippen LogP contribution >= 0.6 is 11.8 Å². The summed E-state index contributed by atoms with van der Waals surface area (Å²) in [6, 6.07) is 14.2. The maximum Gasteiger partial charge on any atom is 0.179 e. The van der Waals surface area contributed by atoms with Gasteiger partial charge in [-0.15, -0.1) is 11.8 Å². The van der Waals surface area contributed by atoms with Gasteiger partial charge in [0, 0.05) is 5.56 Å². The van der Waals surface area contributed by atoms with Crippen LogP contribution in [0, 0.1) is 0 Å². The second kappa shape index (κ2) is 4.43. The van der Waals surface area contributed by atoms with Gasteiger partial charge in [0.2, 0.25) is 0 Å². The van der Waals surface area contributed by atoms with Crippen LogP contribution in [0.5, 0.6) is 0 Å². The molecule has 1 saturated heterocycles. The van der Waals surface area contributed by atoms with Crippen LogP contribution in [-0.4, -0.2) is 16.3 Å². The normalized spacial score (nSPS) is 23.4. The highest BCUT2D eigenvalue weighted by Crippen LogP contribution is 2.41. The number of rotatable bonds is 2. The average molecular weight is 256 g/mol. The lowest BCUT2D eigenvalue weighted by Gasteiger charge is -2.21. The molecule has 0 N–H and O–H groups in total. The summed E-state index contributed by atoms with van der Waals surface area (Å²) in [5.41, 5.74) is 0.880. The lowest BCUT2D eigenvalue weighted by Crippen LogP contribution is -2.28. The number of hydrogen-bond donors (Lipinski definition) is 0. The molecule has 0 bridgehead atoms. The second-order valence-corrected chi connectivity index (χ2v) is 6.64. The van der Waals surface area contributed by atoms with Gasteiger partial charge in [-0.2, -0.15) is 0 Å². The molecule has 0 saturated carbocycles. The molecular formula is C16H16OS. The highest BCUT2D eigenvalue weighted by atomic mass is 32.2. The van der Waals surface area contributed by atoms with E-state index in [0.29, 0.717) is 5.78 Å². The fourth-order valence-corrected chi connectivity index (χ4v) is 3.94. The van der Waals surface area contributed by atoms with E-state index < -0.39 is 0 Å². The van der Waals surface area contributed by atoms with Crippen LogP contribution in [0.25, 0.3) is 10.8 Å². The summed E-state index contributed by atoms with van der Waals surface area (Å²) in [4.78, 5) is 12.8. The maximum atomic E-state index is 12.8. The number of Topliss-reactive ketones (excluding diaryl/α,β-unsaturated/α-hetero) is 1. The summed E-state index contributed by atoms with van der Waals surface area (Å²) in [5.74, 6) is 1.40. The Labute approximate surface area is 112 Å². The average Bonchev–Trinajstić information content (AvgIpc) is 2.85. The Hall–Kier alpha value is -1.28. The Bertz CT molecular complexity index is 592. The minimum absolute atomic E-state index is 0.218. The standard InChI is InChI=1S/C16H16OS/c1-16(10-5-11-18-16)15(17)14-9-4-7-12-6-2-3-8-13(12)14/h2-4,6-9H,5,10-11H2,1H3. The van der Waals surface area contributed by atoms with E-state index in [1.54, 1.807) is 11.8 Å². The molecular weight excluding hydrogens is 240 g/mol.